The minimum Gasteiger partial charge on any atom is -0.480 e. The van der Waals surface area contributed by atoms with Gasteiger partial charge in [0.25, 0.3) is 0 Å². The van der Waals surface area contributed by atoms with Crippen molar-refractivity contribution in [3.8, 4) is 0 Å². The highest BCUT2D eigenvalue weighted by atomic mass is 16.4. The zero-order chi connectivity index (χ0) is 11.8. The lowest BCUT2D eigenvalue weighted by Gasteiger charge is -2.06. The van der Waals surface area contributed by atoms with Crippen LogP contribution in [0.4, 0.5) is 0 Å². The van der Waals surface area contributed by atoms with Gasteiger partial charge in [-0.05, 0) is 31.1 Å². The number of carbonyl (C=O) groups is 3. The van der Waals surface area contributed by atoms with Gasteiger partial charge in [0.05, 0.1) is 0 Å². The van der Waals surface area contributed by atoms with E-state index in [4.69, 9.17) is 10.8 Å². The normalized spacial score (nSPS) is 13.9. The molecule has 0 rings (SSSR count). The molecule has 1 atom stereocenters. The highest BCUT2D eigenvalue weighted by Gasteiger charge is 2.12. The predicted molar refractivity (Wildman–Crippen MR) is 54.2 cm³/mol. The molecular weight excluding hydrogens is 198 g/mol. The van der Waals surface area contributed by atoms with Crippen molar-refractivity contribution >= 4 is 18.0 Å². The van der Waals surface area contributed by atoms with Gasteiger partial charge in [0.15, 0.2) is 5.78 Å². The Morgan fingerprint density at radius 1 is 1.47 bits per heavy atom. The molecule has 0 fully saturated rings. The fourth-order valence-electron chi connectivity index (χ4n) is 0.940. The topological polar surface area (TPSA) is 97.5 Å². The molecule has 0 aromatic carbocycles. The number of carboxylic acids is 1. The van der Waals surface area contributed by atoms with Crippen molar-refractivity contribution in [1.82, 2.24) is 0 Å². The third-order valence-corrected chi connectivity index (χ3v) is 1.55. The van der Waals surface area contributed by atoms with Crippen molar-refractivity contribution in [1.29, 1.82) is 0 Å². The SMILES string of the molecule is CC(=O)/C=C(\C=C/C=O)CC(N)C(=O)O. The van der Waals surface area contributed by atoms with Gasteiger partial charge < -0.3 is 10.8 Å². The Labute approximate surface area is 87.3 Å². The first-order valence-electron chi connectivity index (χ1n) is 4.28. The number of hydrogen-bond donors (Lipinski definition) is 2. The molecular formula is C10H13NO4. The monoisotopic (exact) mass is 211 g/mol. The quantitative estimate of drug-likeness (QED) is 0.368. The van der Waals surface area contributed by atoms with Gasteiger partial charge in [-0.15, -0.1) is 0 Å². The summed E-state index contributed by atoms with van der Waals surface area (Å²) in [6.45, 7) is 1.33. The van der Waals surface area contributed by atoms with Gasteiger partial charge in [-0.1, -0.05) is 6.08 Å². The predicted octanol–water partition coefficient (Wildman–Crippen LogP) is 0.0589. The molecule has 0 radical (unpaired) electrons. The molecule has 5 heteroatoms. The standard InChI is InChI=1S/C10H13NO4/c1-7(13)5-8(3-2-4-12)6-9(11)10(14)15/h2-5,9H,6,11H2,1H3,(H,14,15)/b3-2-,8-5+. The summed E-state index contributed by atoms with van der Waals surface area (Å²) in [5, 5.41) is 8.56. The molecule has 0 spiro atoms. The molecule has 0 amide bonds. The van der Waals surface area contributed by atoms with Crippen LogP contribution in [0.15, 0.2) is 23.8 Å². The minimum absolute atomic E-state index is 0.0131. The molecule has 0 saturated heterocycles. The molecule has 3 N–H and O–H groups in total. The van der Waals surface area contributed by atoms with E-state index < -0.39 is 12.0 Å². The van der Waals surface area contributed by atoms with Crippen LogP contribution < -0.4 is 5.73 Å². The molecule has 82 valence electrons. The van der Waals surface area contributed by atoms with Gasteiger partial charge in [0.2, 0.25) is 0 Å². The van der Waals surface area contributed by atoms with E-state index in [1.165, 1.54) is 25.2 Å². The van der Waals surface area contributed by atoms with Gasteiger partial charge in [-0.2, -0.15) is 0 Å². The molecule has 5 nitrogen and oxygen atoms in total. The summed E-state index contributed by atoms with van der Waals surface area (Å²) in [5.41, 5.74) is 5.71. The van der Waals surface area contributed by atoms with Crippen molar-refractivity contribution in [2.75, 3.05) is 0 Å². The maximum absolute atomic E-state index is 10.8. The average molecular weight is 211 g/mol. The van der Waals surface area contributed by atoms with Crippen LogP contribution in [0, 0.1) is 0 Å². The average Bonchev–Trinajstić information content (AvgIpc) is 2.13. The highest BCUT2D eigenvalue weighted by Crippen LogP contribution is 2.06. The van der Waals surface area contributed by atoms with Crippen molar-refractivity contribution in [3.05, 3.63) is 23.8 Å². The third kappa shape index (κ3) is 6.34. The second-order valence-electron chi connectivity index (χ2n) is 2.97. The lowest BCUT2D eigenvalue weighted by Crippen LogP contribution is -2.30. The lowest BCUT2D eigenvalue weighted by atomic mass is 10.1. The first-order chi connectivity index (χ1) is 6.97. The number of nitrogens with two attached hydrogens (primary N) is 1. The number of hydrogen-bond acceptors (Lipinski definition) is 4. The summed E-state index contributed by atoms with van der Waals surface area (Å²) in [6, 6.07) is -1.08. The van der Waals surface area contributed by atoms with Crippen LogP contribution in [-0.4, -0.2) is 29.2 Å². The number of aldehydes is 1. The third-order valence-electron chi connectivity index (χ3n) is 1.55. The summed E-state index contributed by atoms with van der Waals surface area (Å²) in [7, 11) is 0. The molecule has 0 aromatic heterocycles. The van der Waals surface area contributed by atoms with Crippen LogP contribution in [0.5, 0.6) is 0 Å². The van der Waals surface area contributed by atoms with Crippen molar-refractivity contribution < 1.29 is 19.5 Å². The Morgan fingerprint density at radius 3 is 2.47 bits per heavy atom. The summed E-state index contributed by atoms with van der Waals surface area (Å²) >= 11 is 0. The molecule has 0 aliphatic carbocycles. The van der Waals surface area contributed by atoms with Crippen LogP contribution in [0.2, 0.25) is 0 Å². The fourth-order valence-corrected chi connectivity index (χ4v) is 0.940. The van der Waals surface area contributed by atoms with E-state index in [1.54, 1.807) is 0 Å². The fraction of sp³-hybridized carbons (Fsp3) is 0.300. The van der Waals surface area contributed by atoms with Crippen molar-refractivity contribution in [3.63, 3.8) is 0 Å². The highest BCUT2D eigenvalue weighted by molar-refractivity contribution is 5.88. The van der Waals surface area contributed by atoms with E-state index in [0.717, 1.165) is 0 Å². The smallest absolute Gasteiger partial charge is 0.320 e. The van der Waals surface area contributed by atoms with E-state index in [-0.39, 0.29) is 12.2 Å². The van der Waals surface area contributed by atoms with Crippen LogP contribution in [0.3, 0.4) is 0 Å². The molecule has 0 aromatic rings. The molecule has 0 aliphatic heterocycles. The minimum atomic E-state index is -1.15. The van der Waals surface area contributed by atoms with Crippen molar-refractivity contribution in [2.24, 2.45) is 5.73 Å². The Kier molecular flexibility index (Phi) is 5.89. The molecule has 15 heavy (non-hydrogen) atoms. The van der Waals surface area contributed by atoms with Crippen molar-refractivity contribution in [2.45, 2.75) is 19.4 Å². The summed E-state index contributed by atoms with van der Waals surface area (Å²) < 4.78 is 0. The first-order valence-corrected chi connectivity index (χ1v) is 4.28. The van der Waals surface area contributed by atoms with Gasteiger partial charge >= 0.3 is 5.97 Å². The van der Waals surface area contributed by atoms with Crippen LogP contribution in [-0.2, 0) is 14.4 Å². The number of allylic oxidation sites excluding steroid dienone is 3. The van der Waals surface area contributed by atoms with Crippen LogP contribution in [0.25, 0.3) is 0 Å². The molecule has 0 saturated carbocycles. The first kappa shape index (κ1) is 13.2. The maximum atomic E-state index is 10.8. The second-order valence-corrected chi connectivity index (χ2v) is 2.97. The van der Waals surface area contributed by atoms with Crippen LogP contribution >= 0.6 is 0 Å². The molecule has 0 aliphatic rings. The summed E-state index contributed by atoms with van der Waals surface area (Å²) in [5.74, 6) is -1.37. The Bertz CT molecular complexity index is 317. The van der Waals surface area contributed by atoms with Gasteiger partial charge in [-0.25, -0.2) is 0 Å². The lowest BCUT2D eigenvalue weighted by molar-refractivity contribution is -0.138. The van der Waals surface area contributed by atoms with E-state index >= 15 is 0 Å². The van der Waals surface area contributed by atoms with Gasteiger partial charge in [0, 0.05) is 0 Å². The second kappa shape index (κ2) is 6.67. The Balaban J connectivity index is 4.65. The van der Waals surface area contributed by atoms with E-state index in [9.17, 15) is 14.4 Å². The zero-order valence-electron chi connectivity index (χ0n) is 8.34. The maximum Gasteiger partial charge on any atom is 0.320 e. The van der Waals surface area contributed by atoms with E-state index in [1.807, 2.05) is 0 Å². The van der Waals surface area contributed by atoms with E-state index in [0.29, 0.717) is 11.9 Å². The number of carboxylic acid groups (broad SMARTS) is 1. The zero-order valence-corrected chi connectivity index (χ0v) is 8.34. The van der Waals surface area contributed by atoms with Gasteiger partial charge in [-0.3, -0.25) is 14.4 Å². The largest absolute Gasteiger partial charge is 0.480 e. The number of ketones is 1. The number of carbonyl (C=O) groups excluding carboxylic acids is 2. The summed E-state index contributed by atoms with van der Waals surface area (Å²) in [4.78, 5) is 31.3. The number of aliphatic carboxylic acids is 1. The Morgan fingerprint density at radius 2 is 2.07 bits per heavy atom. The number of rotatable bonds is 6. The summed E-state index contributed by atoms with van der Waals surface area (Å²) in [6.07, 6.45) is 4.36. The van der Waals surface area contributed by atoms with Gasteiger partial charge in [0.1, 0.15) is 12.3 Å². The Hall–Kier alpha value is -1.75. The molecule has 0 bridgehead atoms. The molecule has 1 unspecified atom stereocenters. The van der Waals surface area contributed by atoms with Crippen LogP contribution in [0.1, 0.15) is 13.3 Å². The molecule has 0 heterocycles. The van der Waals surface area contributed by atoms with E-state index in [2.05, 4.69) is 0 Å².